The third-order valence-corrected chi connectivity index (χ3v) is 3.50. The van der Waals surface area contributed by atoms with E-state index >= 15 is 0 Å². The van der Waals surface area contributed by atoms with E-state index in [1.165, 1.54) is 7.11 Å². The molecule has 1 atom stereocenters. The molecule has 8 heteroatoms. The van der Waals surface area contributed by atoms with Crippen LogP contribution in [0.15, 0.2) is 42.5 Å². The first kappa shape index (κ1) is 17.6. The molecule has 24 heavy (non-hydrogen) atoms. The Labute approximate surface area is 136 Å². The SMILES string of the molecule is COc1ccccc1C(C)Nc1ccc(C(F)(F)F)cc1[N+](=O)[O-]. The summed E-state index contributed by atoms with van der Waals surface area (Å²) >= 11 is 0. The van der Waals surface area contributed by atoms with Crippen LogP contribution in [0.2, 0.25) is 0 Å². The summed E-state index contributed by atoms with van der Waals surface area (Å²) in [6.45, 7) is 1.74. The van der Waals surface area contributed by atoms with Gasteiger partial charge in [-0.3, -0.25) is 10.1 Å². The van der Waals surface area contributed by atoms with Crippen LogP contribution in [-0.4, -0.2) is 12.0 Å². The quantitative estimate of drug-likeness (QED) is 0.627. The zero-order valence-electron chi connectivity index (χ0n) is 12.9. The summed E-state index contributed by atoms with van der Waals surface area (Å²) < 4.78 is 43.4. The topological polar surface area (TPSA) is 64.4 Å². The molecule has 0 aliphatic rings. The minimum atomic E-state index is -4.64. The second kappa shape index (κ2) is 6.77. The van der Waals surface area contributed by atoms with E-state index in [-0.39, 0.29) is 5.69 Å². The van der Waals surface area contributed by atoms with E-state index in [1.54, 1.807) is 31.2 Å². The molecule has 1 unspecified atom stereocenters. The van der Waals surface area contributed by atoms with Gasteiger partial charge >= 0.3 is 6.18 Å². The molecule has 0 saturated heterocycles. The van der Waals surface area contributed by atoms with Crippen molar-refractivity contribution < 1.29 is 22.8 Å². The average Bonchev–Trinajstić information content (AvgIpc) is 2.53. The highest BCUT2D eigenvalue weighted by Gasteiger charge is 2.33. The number of nitrogens with one attached hydrogen (secondary N) is 1. The smallest absolute Gasteiger partial charge is 0.416 e. The fourth-order valence-corrected chi connectivity index (χ4v) is 2.32. The highest BCUT2D eigenvalue weighted by molar-refractivity contribution is 5.64. The van der Waals surface area contributed by atoms with E-state index in [2.05, 4.69) is 5.32 Å². The minimum Gasteiger partial charge on any atom is -0.496 e. The Hall–Kier alpha value is -2.77. The van der Waals surface area contributed by atoms with Gasteiger partial charge in [-0.25, -0.2) is 0 Å². The lowest BCUT2D eigenvalue weighted by Gasteiger charge is -2.18. The summed E-state index contributed by atoms with van der Waals surface area (Å²) in [6, 6.07) is 9.04. The van der Waals surface area contributed by atoms with Crippen LogP contribution >= 0.6 is 0 Å². The Kier molecular flexibility index (Phi) is 4.96. The summed E-state index contributed by atoms with van der Waals surface area (Å²) in [5.74, 6) is 0.576. The number of methoxy groups -OCH3 is 1. The zero-order chi connectivity index (χ0) is 17.9. The third kappa shape index (κ3) is 3.76. The predicted octanol–water partition coefficient (Wildman–Crippen LogP) is 4.80. The molecule has 0 spiro atoms. The van der Waals surface area contributed by atoms with Crippen molar-refractivity contribution in [3.63, 3.8) is 0 Å². The number of halogens is 3. The molecule has 0 heterocycles. The van der Waals surface area contributed by atoms with Crippen LogP contribution in [0.3, 0.4) is 0 Å². The molecule has 0 radical (unpaired) electrons. The van der Waals surface area contributed by atoms with Gasteiger partial charge in [0.2, 0.25) is 0 Å². The second-order valence-corrected chi connectivity index (χ2v) is 5.09. The Morgan fingerprint density at radius 3 is 2.46 bits per heavy atom. The summed E-state index contributed by atoms with van der Waals surface area (Å²) in [7, 11) is 1.49. The van der Waals surface area contributed by atoms with E-state index in [0.717, 1.165) is 17.7 Å². The standard InChI is InChI=1S/C16H15F3N2O3/c1-10(12-5-3-4-6-15(12)24-2)20-13-8-7-11(16(17,18)19)9-14(13)21(22)23/h3-10,20H,1-2H3. The molecule has 0 amide bonds. The molecule has 0 saturated carbocycles. The number of ether oxygens (including phenoxy) is 1. The van der Waals surface area contributed by atoms with Gasteiger partial charge in [0.15, 0.2) is 0 Å². The first-order valence-corrected chi connectivity index (χ1v) is 6.99. The van der Waals surface area contributed by atoms with Crippen molar-refractivity contribution >= 4 is 11.4 Å². The summed E-state index contributed by atoms with van der Waals surface area (Å²) in [6.07, 6.45) is -4.64. The van der Waals surface area contributed by atoms with Crippen molar-refractivity contribution in [2.75, 3.05) is 12.4 Å². The minimum absolute atomic E-state index is 0.00593. The molecular weight excluding hydrogens is 325 g/mol. The maximum Gasteiger partial charge on any atom is 0.416 e. The van der Waals surface area contributed by atoms with Gasteiger partial charge in [0, 0.05) is 11.6 Å². The molecule has 5 nitrogen and oxygen atoms in total. The lowest BCUT2D eigenvalue weighted by molar-refractivity contribution is -0.384. The molecule has 2 aromatic carbocycles. The lowest BCUT2D eigenvalue weighted by atomic mass is 10.1. The van der Waals surface area contributed by atoms with Crippen LogP contribution in [0.4, 0.5) is 24.5 Å². The van der Waals surface area contributed by atoms with Gasteiger partial charge in [0.25, 0.3) is 5.69 Å². The number of nitro groups is 1. The van der Waals surface area contributed by atoms with E-state index < -0.39 is 28.4 Å². The maximum absolute atomic E-state index is 12.7. The number of nitrogens with zero attached hydrogens (tertiary/aromatic N) is 1. The summed E-state index contributed by atoms with van der Waals surface area (Å²) in [5, 5.41) is 14.0. The van der Waals surface area contributed by atoms with Gasteiger partial charge in [0.1, 0.15) is 11.4 Å². The number of alkyl halides is 3. The van der Waals surface area contributed by atoms with Crippen molar-refractivity contribution in [1.29, 1.82) is 0 Å². The van der Waals surface area contributed by atoms with E-state index in [0.29, 0.717) is 11.8 Å². The van der Waals surface area contributed by atoms with Crippen LogP contribution in [-0.2, 0) is 6.18 Å². The fraction of sp³-hybridized carbons (Fsp3) is 0.250. The molecule has 2 rings (SSSR count). The Bertz CT molecular complexity index is 748. The van der Waals surface area contributed by atoms with Gasteiger partial charge in [-0.15, -0.1) is 0 Å². The van der Waals surface area contributed by atoms with Crippen LogP contribution in [0.25, 0.3) is 0 Å². The number of hydrogen-bond acceptors (Lipinski definition) is 4. The van der Waals surface area contributed by atoms with Crippen molar-refractivity contribution in [1.82, 2.24) is 0 Å². The molecule has 0 fully saturated rings. The van der Waals surface area contributed by atoms with Crippen molar-refractivity contribution in [2.24, 2.45) is 0 Å². The summed E-state index contributed by atoms with van der Waals surface area (Å²) in [5.41, 5.74) is -0.961. The van der Waals surface area contributed by atoms with Gasteiger partial charge < -0.3 is 10.1 Å². The van der Waals surface area contributed by atoms with Crippen molar-refractivity contribution in [3.8, 4) is 5.75 Å². The van der Waals surface area contributed by atoms with Crippen LogP contribution in [0.5, 0.6) is 5.75 Å². The highest BCUT2D eigenvalue weighted by Crippen LogP contribution is 2.37. The fourth-order valence-electron chi connectivity index (χ4n) is 2.32. The van der Waals surface area contributed by atoms with Gasteiger partial charge in [0.05, 0.1) is 23.6 Å². The normalized spacial score (nSPS) is 12.5. The molecular formula is C16H15F3N2O3. The molecule has 0 aromatic heterocycles. The first-order valence-electron chi connectivity index (χ1n) is 6.99. The Balaban J connectivity index is 2.37. The second-order valence-electron chi connectivity index (χ2n) is 5.09. The maximum atomic E-state index is 12.7. The number of anilines is 1. The number of benzene rings is 2. The lowest BCUT2D eigenvalue weighted by Crippen LogP contribution is -2.11. The van der Waals surface area contributed by atoms with Crippen molar-refractivity contribution in [3.05, 3.63) is 63.7 Å². The largest absolute Gasteiger partial charge is 0.496 e. The molecule has 128 valence electrons. The van der Waals surface area contributed by atoms with Gasteiger partial charge in [-0.05, 0) is 25.1 Å². The Morgan fingerprint density at radius 2 is 1.88 bits per heavy atom. The highest BCUT2D eigenvalue weighted by atomic mass is 19.4. The molecule has 0 aliphatic heterocycles. The molecule has 0 aliphatic carbocycles. The summed E-state index contributed by atoms with van der Waals surface area (Å²) in [4.78, 5) is 10.3. The van der Waals surface area contributed by atoms with Crippen LogP contribution in [0.1, 0.15) is 24.1 Å². The van der Waals surface area contributed by atoms with E-state index in [4.69, 9.17) is 4.74 Å². The van der Waals surface area contributed by atoms with Crippen LogP contribution in [0, 0.1) is 10.1 Å². The van der Waals surface area contributed by atoms with E-state index in [9.17, 15) is 23.3 Å². The molecule has 2 aromatic rings. The monoisotopic (exact) mass is 340 g/mol. The van der Waals surface area contributed by atoms with Gasteiger partial charge in [-0.2, -0.15) is 13.2 Å². The number of rotatable bonds is 5. The van der Waals surface area contributed by atoms with Crippen LogP contribution < -0.4 is 10.1 Å². The number of hydrogen-bond donors (Lipinski definition) is 1. The number of para-hydroxylation sites is 1. The number of nitro benzene ring substituents is 1. The predicted molar refractivity (Wildman–Crippen MR) is 83.1 cm³/mol. The van der Waals surface area contributed by atoms with E-state index in [1.807, 2.05) is 0 Å². The molecule has 0 bridgehead atoms. The third-order valence-electron chi connectivity index (χ3n) is 3.50. The molecule has 1 N–H and O–H groups in total. The average molecular weight is 340 g/mol. The Morgan fingerprint density at radius 1 is 1.21 bits per heavy atom. The van der Waals surface area contributed by atoms with Crippen molar-refractivity contribution in [2.45, 2.75) is 19.1 Å². The first-order chi connectivity index (χ1) is 11.2. The zero-order valence-corrected chi connectivity index (χ0v) is 12.9. The van der Waals surface area contributed by atoms with Gasteiger partial charge in [-0.1, -0.05) is 18.2 Å².